The van der Waals surface area contributed by atoms with Crippen LogP contribution in [0.25, 0.3) is 0 Å². The molecule has 0 aliphatic carbocycles. The third-order valence-electron chi connectivity index (χ3n) is 1.68. The molecule has 6 heteroatoms. The Balaban J connectivity index is 3.13. The lowest BCUT2D eigenvalue weighted by atomic mass is 10.2. The Morgan fingerprint density at radius 2 is 2.00 bits per heavy atom. The van der Waals surface area contributed by atoms with Crippen molar-refractivity contribution in [1.29, 1.82) is 0 Å². The van der Waals surface area contributed by atoms with E-state index < -0.39 is 0 Å². The molecule has 0 radical (unpaired) electrons. The Morgan fingerprint density at radius 1 is 1.47 bits per heavy atom. The average molecular weight is 432 g/mol. The summed E-state index contributed by atoms with van der Waals surface area (Å²) in [5.74, 6) is 5.58. The smallest absolute Gasteiger partial charge is 0.265 e. The van der Waals surface area contributed by atoms with Crippen molar-refractivity contribution in [1.82, 2.24) is 5.43 Å². The number of benzene rings is 1. The van der Waals surface area contributed by atoms with Crippen molar-refractivity contribution in [2.75, 3.05) is 6.61 Å². The molecule has 0 saturated heterocycles. The van der Waals surface area contributed by atoms with Crippen LogP contribution in [0.2, 0.25) is 0 Å². The number of nitrogens with one attached hydrogen (secondary N) is 1. The van der Waals surface area contributed by atoms with E-state index in [1.165, 1.54) is 0 Å². The molecule has 4 nitrogen and oxygen atoms in total. The van der Waals surface area contributed by atoms with Crippen LogP contribution in [0, 0.1) is 7.14 Å². The maximum Gasteiger partial charge on any atom is 0.265 e. The van der Waals surface area contributed by atoms with Crippen LogP contribution in [-0.2, 0) is 0 Å². The summed E-state index contributed by atoms with van der Waals surface area (Å²) >= 11 is 4.27. The van der Waals surface area contributed by atoms with Gasteiger partial charge >= 0.3 is 0 Å². The number of nitrogen functional groups attached to an aromatic ring is 1. The fraction of sp³-hybridized carbons (Fsp3) is 0.222. The summed E-state index contributed by atoms with van der Waals surface area (Å²) in [4.78, 5) is 11.3. The highest BCUT2D eigenvalue weighted by molar-refractivity contribution is 14.1. The normalized spacial score (nSPS) is 9.87. The average Bonchev–Trinajstić information content (AvgIpc) is 2.22. The molecule has 15 heavy (non-hydrogen) atoms. The molecule has 0 atom stereocenters. The fourth-order valence-electron chi connectivity index (χ4n) is 1.06. The maximum absolute atomic E-state index is 11.3. The molecule has 0 saturated carbocycles. The van der Waals surface area contributed by atoms with Gasteiger partial charge in [0.15, 0.2) is 0 Å². The Morgan fingerprint density at radius 3 is 2.40 bits per heavy atom. The van der Waals surface area contributed by atoms with Crippen LogP contribution in [0.1, 0.15) is 17.3 Å². The summed E-state index contributed by atoms with van der Waals surface area (Å²) in [6, 6.07) is 3.49. The second-order valence-corrected chi connectivity index (χ2v) is 5.00. The standard InChI is InChI=1S/C9H10I2N2O2/c1-2-15-8-6(10)3-5(4-7(8)11)9(14)13-12/h3-4H,2,12H2,1H3,(H,13,14). The van der Waals surface area contributed by atoms with Gasteiger partial charge in [-0.05, 0) is 64.2 Å². The molecule has 0 aromatic heterocycles. The topological polar surface area (TPSA) is 64.3 Å². The van der Waals surface area contributed by atoms with Gasteiger partial charge < -0.3 is 4.74 Å². The van der Waals surface area contributed by atoms with Gasteiger partial charge in [0.05, 0.1) is 13.7 Å². The second kappa shape index (κ2) is 5.85. The minimum absolute atomic E-state index is 0.297. The minimum Gasteiger partial charge on any atom is -0.492 e. The van der Waals surface area contributed by atoms with E-state index in [0.717, 1.165) is 12.9 Å². The van der Waals surface area contributed by atoms with Crippen molar-refractivity contribution < 1.29 is 9.53 Å². The van der Waals surface area contributed by atoms with E-state index >= 15 is 0 Å². The molecular weight excluding hydrogens is 422 g/mol. The third kappa shape index (κ3) is 3.18. The number of hydrazine groups is 1. The Labute approximate surface area is 115 Å². The Hall–Kier alpha value is -0.0900. The minimum atomic E-state index is -0.297. The predicted octanol–water partition coefficient (Wildman–Crippen LogP) is 1.90. The van der Waals surface area contributed by atoms with E-state index in [1.54, 1.807) is 12.1 Å². The number of nitrogens with two attached hydrogens (primary N) is 1. The zero-order chi connectivity index (χ0) is 11.4. The van der Waals surface area contributed by atoms with Crippen LogP contribution in [0.3, 0.4) is 0 Å². The molecule has 1 amide bonds. The largest absolute Gasteiger partial charge is 0.492 e. The highest BCUT2D eigenvalue weighted by atomic mass is 127. The van der Waals surface area contributed by atoms with Gasteiger partial charge in [0, 0.05) is 5.56 Å². The van der Waals surface area contributed by atoms with Crippen molar-refractivity contribution in [2.45, 2.75) is 6.92 Å². The Kier molecular flexibility index (Phi) is 5.06. The second-order valence-electron chi connectivity index (χ2n) is 2.68. The first-order valence-corrected chi connectivity index (χ1v) is 6.38. The van der Waals surface area contributed by atoms with Gasteiger partial charge in [-0.2, -0.15) is 0 Å². The quantitative estimate of drug-likeness (QED) is 0.332. The molecule has 1 aromatic carbocycles. The number of hydrogen-bond acceptors (Lipinski definition) is 3. The van der Waals surface area contributed by atoms with E-state index in [9.17, 15) is 4.79 Å². The van der Waals surface area contributed by atoms with Crippen LogP contribution in [0.5, 0.6) is 5.75 Å². The van der Waals surface area contributed by atoms with E-state index in [2.05, 4.69) is 50.6 Å². The lowest BCUT2D eigenvalue weighted by Crippen LogP contribution is -2.30. The van der Waals surface area contributed by atoms with Crippen LogP contribution >= 0.6 is 45.2 Å². The summed E-state index contributed by atoms with van der Waals surface area (Å²) in [6.45, 7) is 2.53. The lowest BCUT2D eigenvalue weighted by molar-refractivity contribution is 0.0953. The van der Waals surface area contributed by atoms with Crippen LogP contribution < -0.4 is 16.0 Å². The highest BCUT2D eigenvalue weighted by Crippen LogP contribution is 2.28. The summed E-state index contributed by atoms with van der Waals surface area (Å²) in [5, 5.41) is 0. The van der Waals surface area contributed by atoms with Gasteiger partial charge in [0.2, 0.25) is 0 Å². The first-order valence-electron chi connectivity index (χ1n) is 4.23. The first-order chi connectivity index (χ1) is 7.10. The molecule has 0 fully saturated rings. The summed E-state index contributed by atoms with van der Waals surface area (Å²) < 4.78 is 7.26. The van der Waals surface area contributed by atoms with Gasteiger partial charge in [-0.15, -0.1) is 0 Å². The van der Waals surface area contributed by atoms with Crippen LogP contribution in [0.4, 0.5) is 0 Å². The number of rotatable bonds is 3. The van der Waals surface area contributed by atoms with Crippen LogP contribution in [-0.4, -0.2) is 12.5 Å². The number of carbonyl (C=O) groups excluding carboxylic acids is 1. The monoisotopic (exact) mass is 432 g/mol. The van der Waals surface area contributed by atoms with Crippen molar-refractivity contribution in [3.63, 3.8) is 0 Å². The molecule has 1 rings (SSSR count). The van der Waals surface area contributed by atoms with Crippen molar-refractivity contribution in [3.8, 4) is 5.75 Å². The summed E-state index contributed by atoms with van der Waals surface area (Å²) in [5.41, 5.74) is 2.64. The molecule has 82 valence electrons. The molecule has 0 bridgehead atoms. The van der Waals surface area contributed by atoms with E-state index in [4.69, 9.17) is 10.6 Å². The molecule has 0 aliphatic heterocycles. The SMILES string of the molecule is CCOc1c(I)cc(C(=O)NN)cc1I. The fourth-order valence-corrected chi connectivity index (χ4v) is 3.14. The van der Waals surface area contributed by atoms with Gasteiger partial charge in [-0.1, -0.05) is 0 Å². The van der Waals surface area contributed by atoms with E-state index in [1.807, 2.05) is 6.92 Å². The van der Waals surface area contributed by atoms with Gasteiger partial charge in [-0.3, -0.25) is 10.2 Å². The van der Waals surface area contributed by atoms with E-state index in [-0.39, 0.29) is 5.91 Å². The van der Waals surface area contributed by atoms with Crippen molar-refractivity contribution >= 4 is 51.1 Å². The number of ether oxygens (including phenoxy) is 1. The van der Waals surface area contributed by atoms with Crippen molar-refractivity contribution in [3.05, 3.63) is 24.8 Å². The number of halogens is 2. The zero-order valence-electron chi connectivity index (χ0n) is 8.01. The first kappa shape index (κ1) is 13.0. The molecule has 0 spiro atoms. The highest BCUT2D eigenvalue weighted by Gasteiger charge is 2.12. The third-order valence-corrected chi connectivity index (χ3v) is 3.28. The molecule has 0 unspecified atom stereocenters. The summed E-state index contributed by atoms with van der Waals surface area (Å²) in [7, 11) is 0. The number of amides is 1. The van der Waals surface area contributed by atoms with E-state index in [0.29, 0.717) is 12.2 Å². The number of carbonyl (C=O) groups is 1. The Bertz CT molecular complexity index is 359. The number of hydrogen-bond donors (Lipinski definition) is 2. The summed E-state index contributed by atoms with van der Waals surface area (Å²) in [6.07, 6.45) is 0. The lowest BCUT2D eigenvalue weighted by Gasteiger charge is -2.10. The van der Waals surface area contributed by atoms with Gasteiger partial charge in [0.25, 0.3) is 5.91 Å². The molecule has 0 heterocycles. The maximum atomic E-state index is 11.3. The van der Waals surface area contributed by atoms with Gasteiger partial charge in [0.1, 0.15) is 5.75 Å². The molecule has 0 aliphatic rings. The zero-order valence-corrected chi connectivity index (χ0v) is 12.3. The molecule has 3 N–H and O–H groups in total. The predicted molar refractivity (Wildman–Crippen MR) is 74.7 cm³/mol. The molecule has 1 aromatic rings. The van der Waals surface area contributed by atoms with Gasteiger partial charge in [-0.25, -0.2) is 5.84 Å². The van der Waals surface area contributed by atoms with Crippen LogP contribution in [0.15, 0.2) is 12.1 Å². The molecular formula is C9H10I2N2O2. The van der Waals surface area contributed by atoms with Crippen molar-refractivity contribution in [2.24, 2.45) is 5.84 Å².